The van der Waals surface area contributed by atoms with Gasteiger partial charge in [-0.05, 0) is 25.7 Å². The van der Waals surface area contributed by atoms with E-state index in [1.165, 1.54) is 0 Å². The average Bonchev–Trinajstić information content (AvgIpc) is 2.52. The Labute approximate surface area is 105 Å². The lowest BCUT2D eigenvalue weighted by Crippen LogP contribution is -2.34. The molecule has 0 radical (unpaired) electrons. The van der Waals surface area contributed by atoms with Crippen LogP contribution in [0.1, 0.15) is 44.9 Å². The third-order valence-corrected chi connectivity index (χ3v) is 3.25. The van der Waals surface area contributed by atoms with E-state index in [9.17, 15) is 14.4 Å². The molecule has 1 amide bonds. The summed E-state index contributed by atoms with van der Waals surface area (Å²) >= 11 is 0. The summed E-state index contributed by atoms with van der Waals surface area (Å²) in [6.07, 6.45) is 3.22. The molecule has 6 heteroatoms. The van der Waals surface area contributed by atoms with Crippen molar-refractivity contribution in [2.45, 2.75) is 51.0 Å². The number of carbonyl (C=O) groups excluding carboxylic acids is 1. The van der Waals surface area contributed by atoms with Crippen molar-refractivity contribution < 1.29 is 24.6 Å². The predicted octanol–water partition coefficient (Wildman–Crippen LogP) is 1.00. The molecule has 0 saturated heterocycles. The molecule has 0 aromatic heterocycles. The fraction of sp³-hybridized carbons (Fsp3) is 0.750. The van der Waals surface area contributed by atoms with Crippen molar-refractivity contribution in [2.24, 2.45) is 5.92 Å². The monoisotopic (exact) mass is 257 g/mol. The minimum absolute atomic E-state index is 0.0179. The van der Waals surface area contributed by atoms with Crippen LogP contribution in [0.4, 0.5) is 0 Å². The summed E-state index contributed by atoms with van der Waals surface area (Å²) in [4.78, 5) is 32.6. The van der Waals surface area contributed by atoms with Crippen LogP contribution in [0.3, 0.4) is 0 Å². The van der Waals surface area contributed by atoms with Crippen LogP contribution in [-0.2, 0) is 14.4 Å². The van der Waals surface area contributed by atoms with E-state index in [0.717, 1.165) is 12.8 Å². The van der Waals surface area contributed by atoms with Gasteiger partial charge in [0.25, 0.3) is 0 Å². The van der Waals surface area contributed by atoms with Crippen molar-refractivity contribution in [2.75, 3.05) is 0 Å². The van der Waals surface area contributed by atoms with E-state index in [0.29, 0.717) is 19.3 Å². The molecule has 2 unspecified atom stereocenters. The molecule has 1 aliphatic rings. The number of aliphatic carboxylic acids is 2. The molecular weight excluding hydrogens is 238 g/mol. The lowest BCUT2D eigenvalue weighted by molar-refractivity contribution is -0.142. The van der Waals surface area contributed by atoms with Crippen LogP contribution in [0.25, 0.3) is 0 Å². The highest BCUT2D eigenvalue weighted by Gasteiger charge is 2.24. The molecule has 2 atom stereocenters. The molecule has 0 spiro atoms. The molecule has 0 aromatic rings. The maximum Gasteiger partial charge on any atom is 0.306 e. The zero-order valence-electron chi connectivity index (χ0n) is 10.2. The summed E-state index contributed by atoms with van der Waals surface area (Å²) < 4.78 is 0. The Hall–Kier alpha value is -1.59. The zero-order chi connectivity index (χ0) is 13.5. The number of carboxylic acids is 2. The Morgan fingerprint density at radius 2 is 1.72 bits per heavy atom. The number of hydrogen-bond donors (Lipinski definition) is 3. The predicted molar refractivity (Wildman–Crippen MR) is 63.0 cm³/mol. The second kappa shape index (κ2) is 6.98. The molecular formula is C12H19NO5. The first-order valence-corrected chi connectivity index (χ1v) is 6.23. The summed E-state index contributed by atoms with van der Waals surface area (Å²) in [5.41, 5.74) is 0. The van der Waals surface area contributed by atoms with Crippen molar-refractivity contribution in [1.29, 1.82) is 0 Å². The van der Waals surface area contributed by atoms with E-state index in [1.807, 2.05) is 0 Å². The van der Waals surface area contributed by atoms with Gasteiger partial charge in [0.05, 0.1) is 12.3 Å². The molecule has 1 aliphatic carbocycles. The summed E-state index contributed by atoms with van der Waals surface area (Å²) in [6, 6.07) is -0.0179. The highest BCUT2D eigenvalue weighted by molar-refractivity contribution is 5.80. The quantitative estimate of drug-likeness (QED) is 0.637. The molecule has 102 valence electrons. The maximum atomic E-state index is 11.5. The highest BCUT2D eigenvalue weighted by atomic mass is 16.4. The highest BCUT2D eigenvalue weighted by Crippen LogP contribution is 2.23. The smallest absolute Gasteiger partial charge is 0.306 e. The van der Waals surface area contributed by atoms with Crippen LogP contribution in [0.5, 0.6) is 0 Å². The Bertz CT molecular complexity index is 328. The minimum Gasteiger partial charge on any atom is -0.481 e. The van der Waals surface area contributed by atoms with Gasteiger partial charge in [-0.15, -0.1) is 0 Å². The molecule has 18 heavy (non-hydrogen) atoms. The van der Waals surface area contributed by atoms with Gasteiger partial charge >= 0.3 is 11.9 Å². The van der Waals surface area contributed by atoms with Crippen molar-refractivity contribution in [1.82, 2.24) is 5.32 Å². The Balaban J connectivity index is 2.32. The molecule has 1 fully saturated rings. The van der Waals surface area contributed by atoms with Gasteiger partial charge in [-0.25, -0.2) is 0 Å². The minimum atomic E-state index is -0.989. The van der Waals surface area contributed by atoms with E-state index in [2.05, 4.69) is 5.32 Å². The molecule has 0 heterocycles. The fourth-order valence-corrected chi connectivity index (χ4v) is 2.21. The summed E-state index contributed by atoms with van der Waals surface area (Å²) in [5.74, 6) is -2.34. The summed E-state index contributed by atoms with van der Waals surface area (Å²) in [6.45, 7) is 0. The molecule has 1 rings (SSSR count). The molecule has 0 bridgehead atoms. The number of carbonyl (C=O) groups is 3. The number of amides is 1. The van der Waals surface area contributed by atoms with Crippen LogP contribution < -0.4 is 5.32 Å². The van der Waals surface area contributed by atoms with Gasteiger partial charge in [0, 0.05) is 12.5 Å². The van der Waals surface area contributed by atoms with Gasteiger partial charge in [0.1, 0.15) is 0 Å². The second-order valence-corrected chi connectivity index (χ2v) is 4.70. The normalized spacial score (nSPS) is 24.0. The first kappa shape index (κ1) is 14.5. The van der Waals surface area contributed by atoms with Gasteiger partial charge in [-0.3, -0.25) is 14.4 Å². The first-order chi connectivity index (χ1) is 8.49. The van der Waals surface area contributed by atoms with E-state index in [-0.39, 0.29) is 30.7 Å². The SMILES string of the molecule is O=C(O)CCC(=O)NC1CCCC(C(=O)O)CC1. The third kappa shape index (κ3) is 5.16. The number of rotatable bonds is 5. The van der Waals surface area contributed by atoms with Gasteiger partial charge in [-0.1, -0.05) is 6.42 Å². The molecule has 1 saturated carbocycles. The van der Waals surface area contributed by atoms with Crippen LogP contribution >= 0.6 is 0 Å². The van der Waals surface area contributed by atoms with E-state index in [1.54, 1.807) is 0 Å². The Morgan fingerprint density at radius 3 is 2.33 bits per heavy atom. The first-order valence-electron chi connectivity index (χ1n) is 6.23. The number of nitrogens with one attached hydrogen (secondary N) is 1. The maximum absolute atomic E-state index is 11.5. The Morgan fingerprint density at radius 1 is 1.00 bits per heavy atom. The summed E-state index contributed by atoms with van der Waals surface area (Å²) in [5, 5.41) is 20.2. The van der Waals surface area contributed by atoms with Crippen LogP contribution in [0, 0.1) is 5.92 Å². The standard InChI is InChI=1S/C12H19NO5/c14-10(6-7-11(15)16)13-9-3-1-2-8(4-5-9)12(17)18/h8-9H,1-7H2,(H,13,14)(H,15,16)(H,17,18). The lowest BCUT2D eigenvalue weighted by Gasteiger charge is -2.16. The van der Waals surface area contributed by atoms with Crippen LogP contribution in [0.15, 0.2) is 0 Å². The third-order valence-electron chi connectivity index (χ3n) is 3.25. The zero-order valence-corrected chi connectivity index (χ0v) is 10.2. The molecule has 6 nitrogen and oxygen atoms in total. The van der Waals surface area contributed by atoms with Crippen molar-refractivity contribution in [3.05, 3.63) is 0 Å². The molecule has 0 aromatic carbocycles. The largest absolute Gasteiger partial charge is 0.481 e. The van der Waals surface area contributed by atoms with Gasteiger partial charge in [0.2, 0.25) is 5.91 Å². The van der Waals surface area contributed by atoms with Crippen molar-refractivity contribution >= 4 is 17.8 Å². The molecule has 3 N–H and O–H groups in total. The van der Waals surface area contributed by atoms with E-state index in [4.69, 9.17) is 10.2 Å². The van der Waals surface area contributed by atoms with Crippen LogP contribution in [-0.4, -0.2) is 34.1 Å². The van der Waals surface area contributed by atoms with E-state index < -0.39 is 11.9 Å². The number of carboxylic acid groups (broad SMARTS) is 2. The van der Waals surface area contributed by atoms with Gasteiger partial charge < -0.3 is 15.5 Å². The van der Waals surface area contributed by atoms with E-state index >= 15 is 0 Å². The van der Waals surface area contributed by atoms with Gasteiger partial charge in [0.15, 0.2) is 0 Å². The second-order valence-electron chi connectivity index (χ2n) is 4.70. The summed E-state index contributed by atoms with van der Waals surface area (Å²) in [7, 11) is 0. The lowest BCUT2D eigenvalue weighted by atomic mass is 10.0. The van der Waals surface area contributed by atoms with Crippen molar-refractivity contribution in [3.63, 3.8) is 0 Å². The fourth-order valence-electron chi connectivity index (χ4n) is 2.21. The topological polar surface area (TPSA) is 104 Å². The number of hydrogen-bond acceptors (Lipinski definition) is 3. The van der Waals surface area contributed by atoms with Gasteiger partial charge in [-0.2, -0.15) is 0 Å². The molecule has 0 aliphatic heterocycles. The van der Waals surface area contributed by atoms with Crippen molar-refractivity contribution in [3.8, 4) is 0 Å². The average molecular weight is 257 g/mol. The van der Waals surface area contributed by atoms with Crippen LogP contribution in [0.2, 0.25) is 0 Å². The Kier molecular flexibility index (Phi) is 5.61.